The summed E-state index contributed by atoms with van der Waals surface area (Å²) < 4.78 is 1.16. The lowest BCUT2D eigenvalue weighted by Crippen LogP contribution is -2.06. The molecule has 1 nitrogen and oxygen atoms in total. The van der Waals surface area contributed by atoms with E-state index in [0.717, 1.165) is 17.3 Å². The fourth-order valence-corrected chi connectivity index (χ4v) is 2.29. The molecule has 0 aliphatic carbocycles. The molecule has 0 N–H and O–H groups in total. The molecule has 16 heavy (non-hydrogen) atoms. The second-order valence-electron chi connectivity index (χ2n) is 4.57. The SMILES string of the molecule is Cc1ccc(CCCC(=O)C(C)C)c(Br)c1. The summed E-state index contributed by atoms with van der Waals surface area (Å²) in [5.41, 5.74) is 2.55. The van der Waals surface area contributed by atoms with Crippen LogP contribution < -0.4 is 0 Å². The normalized spacial score (nSPS) is 10.8. The Hall–Kier alpha value is -0.630. The first-order chi connectivity index (χ1) is 7.50. The van der Waals surface area contributed by atoms with Crippen LogP contribution in [0.25, 0.3) is 0 Å². The fourth-order valence-electron chi connectivity index (χ4n) is 1.60. The molecule has 0 heterocycles. The average molecular weight is 283 g/mol. The van der Waals surface area contributed by atoms with Gasteiger partial charge >= 0.3 is 0 Å². The first-order valence-electron chi connectivity index (χ1n) is 5.78. The third-order valence-corrected chi connectivity index (χ3v) is 3.46. The van der Waals surface area contributed by atoms with E-state index in [1.165, 1.54) is 11.1 Å². The Bertz CT molecular complexity index is 369. The monoisotopic (exact) mass is 282 g/mol. The number of aryl methyl sites for hydroxylation is 2. The quantitative estimate of drug-likeness (QED) is 0.787. The van der Waals surface area contributed by atoms with Crippen LogP contribution >= 0.6 is 15.9 Å². The van der Waals surface area contributed by atoms with Crippen LogP contribution in [0.15, 0.2) is 22.7 Å². The van der Waals surface area contributed by atoms with E-state index in [2.05, 4.69) is 41.1 Å². The first-order valence-corrected chi connectivity index (χ1v) is 6.57. The minimum Gasteiger partial charge on any atom is -0.299 e. The highest BCUT2D eigenvalue weighted by atomic mass is 79.9. The number of Topliss-reactive ketones (excluding diaryl/α,β-unsaturated/α-hetero) is 1. The van der Waals surface area contributed by atoms with Crippen molar-refractivity contribution < 1.29 is 4.79 Å². The lowest BCUT2D eigenvalue weighted by atomic mass is 10.0. The van der Waals surface area contributed by atoms with Crippen molar-refractivity contribution in [1.82, 2.24) is 0 Å². The third kappa shape index (κ3) is 4.09. The van der Waals surface area contributed by atoms with Crippen molar-refractivity contribution in [3.8, 4) is 0 Å². The topological polar surface area (TPSA) is 17.1 Å². The number of rotatable bonds is 5. The largest absolute Gasteiger partial charge is 0.299 e. The molecule has 0 aliphatic rings. The predicted molar refractivity (Wildman–Crippen MR) is 71.7 cm³/mol. The molecule has 0 bridgehead atoms. The van der Waals surface area contributed by atoms with Gasteiger partial charge in [0.15, 0.2) is 0 Å². The summed E-state index contributed by atoms with van der Waals surface area (Å²) in [6.45, 7) is 6.01. The molecule has 0 fully saturated rings. The highest BCUT2D eigenvalue weighted by Gasteiger charge is 2.07. The maximum Gasteiger partial charge on any atom is 0.135 e. The van der Waals surface area contributed by atoms with Crippen molar-refractivity contribution in [2.24, 2.45) is 5.92 Å². The van der Waals surface area contributed by atoms with Crippen molar-refractivity contribution in [1.29, 1.82) is 0 Å². The van der Waals surface area contributed by atoms with Crippen molar-refractivity contribution in [2.45, 2.75) is 40.0 Å². The Kier molecular flexibility index (Phi) is 5.20. The molecule has 1 aromatic carbocycles. The van der Waals surface area contributed by atoms with E-state index in [4.69, 9.17) is 0 Å². The predicted octanol–water partition coefficient (Wildman–Crippen LogP) is 4.31. The molecule has 0 amide bonds. The van der Waals surface area contributed by atoms with Crippen LogP contribution in [0.2, 0.25) is 0 Å². The lowest BCUT2D eigenvalue weighted by Gasteiger charge is -2.06. The maximum atomic E-state index is 11.5. The summed E-state index contributed by atoms with van der Waals surface area (Å²) in [5.74, 6) is 0.532. The first kappa shape index (κ1) is 13.4. The number of hydrogen-bond donors (Lipinski definition) is 0. The van der Waals surface area contributed by atoms with Gasteiger partial charge in [-0.25, -0.2) is 0 Å². The number of halogens is 1. The van der Waals surface area contributed by atoms with Gasteiger partial charge in [0, 0.05) is 16.8 Å². The standard InChI is InChI=1S/C14H19BrO/c1-10(2)14(16)6-4-5-12-8-7-11(3)9-13(12)15/h7-10H,4-6H2,1-3H3. The van der Waals surface area contributed by atoms with E-state index in [1.807, 2.05) is 13.8 Å². The van der Waals surface area contributed by atoms with Gasteiger partial charge in [0.25, 0.3) is 0 Å². The molecule has 0 radical (unpaired) electrons. The van der Waals surface area contributed by atoms with E-state index >= 15 is 0 Å². The van der Waals surface area contributed by atoms with E-state index in [1.54, 1.807) is 0 Å². The van der Waals surface area contributed by atoms with Crippen molar-refractivity contribution in [2.75, 3.05) is 0 Å². The molecular weight excluding hydrogens is 264 g/mol. The lowest BCUT2D eigenvalue weighted by molar-refractivity contribution is -0.121. The van der Waals surface area contributed by atoms with Crippen LogP contribution in [-0.2, 0) is 11.2 Å². The Morgan fingerprint density at radius 1 is 1.38 bits per heavy atom. The van der Waals surface area contributed by atoms with Gasteiger partial charge in [0.1, 0.15) is 5.78 Å². The third-order valence-electron chi connectivity index (χ3n) is 2.72. The molecule has 0 aliphatic heterocycles. The van der Waals surface area contributed by atoms with Crippen LogP contribution in [0.1, 0.15) is 37.8 Å². The zero-order valence-corrected chi connectivity index (χ0v) is 11.8. The van der Waals surface area contributed by atoms with Gasteiger partial charge in [-0.1, -0.05) is 41.9 Å². The summed E-state index contributed by atoms with van der Waals surface area (Å²) in [6.07, 6.45) is 2.61. The summed E-state index contributed by atoms with van der Waals surface area (Å²) in [4.78, 5) is 11.5. The molecule has 0 atom stereocenters. The molecule has 2 heteroatoms. The van der Waals surface area contributed by atoms with Gasteiger partial charge in [-0.05, 0) is 37.0 Å². The zero-order chi connectivity index (χ0) is 12.1. The molecule has 0 aromatic heterocycles. The maximum absolute atomic E-state index is 11.5. The summed E-state index contributed by atoms with van der Waals surface area (Å²) in [7, 11) is 0. The van der Waals surface area contributed by atoms with Gasteiger partial charge in [-0.2, -0.15) is 0 Å². The van der Waals surface area contributed by atoms with E-state index in [0.29, 0.717) is 12.2 Å². The summed E-state index contributed by atoms with van der Waals surface area (Å²) in [5, 5.41) is 0. The molecule has 1 aromatic rings. The van der Waals surface area contributed by atoms with Crippen LogP contribution in [0.5, 0.6) is 0 Å². The molecule has 0 spiro atoms. The Balaban J connectivity index is 2.46. The summed E-state index contributed by atoms with van der Waals surface area (Å²) >= 11 is 3.56. The molecule has 0 unspecified atom stereocenters. The Morgan fingerprint density at radius 2 is 2.06 bits per heavy atom. The van der Waals surface area contributed by atoms with E-state index in [9.17, 15) is 4.79 Å². The van der Waals surface area contributed by atoms with E-state index in [-0.39, 0.29) is 5.92 Å². The average Bonchev–Trinajstić information content (AvgIpc) is 2.20. The highest BCUT2D eigenvalue weighted by Crippen LogP contribution is 2.20. The molecule has 0 saturated carbocycles. The van der Waals surface area contributed by atoms with Gasteiger partial charge in [-0.3, -0.25) is 4.79 Å². The van der Waals surface area contributed by atoms with Gasteiger partial charge < -0.3 is 0 Å². The van der Waals surface area contributed by atoms with Gasteiger partial charge in [0.2, 0.25) is 0 Å². The fraction of sp³-hybridized carbons (Fsp3) is 0.500. The van der Waals surface area contributed by atoms with Gasteiger partial charge in [-0.15, -0.1) is 0 Å². The molecule has 1 rings (SSSR count). The van der Waals surface area contributed by atoms with Crippen LogP contribution in [0.3, 0.4) is 0 Å². The number of hydrogen-bond acceptors (Lipinski definition) is 1. The van der Waals surface area contributed by atoms with Crippen LogP contribution in [-0.4, -0.2) is 5.78 Å². The van der Waals surface area contributed by atoms with Crippen molar-refractivity contribution in [3.05, 3.63) is 33.8 Å². The van der Waals surface area contributed by atoms with E-state index < -0.39 is 0 Å². The smallest absolute Gasteiger partial charge is 0.135 e. The van der Waals surface area contributed by atoms with Crippen LogP contribution in [0, 0.1) is 12.8 Å². The van der Waals surface area contributed by atoms with Crippen molar-refractivity contribution in [3.63, 3.8) is 0 Å². The van der Waals surface area contributed by atoms with Crippen molar-refractivity contribution >= 4 is 21.7 Å². The van der Waals surface area contributed by atoms with Gasteiger partial charge in [0.05, 0.1) is 0 Å². The molecule has 0 saturated heterocycles. The molecular formula is C14H19BrO. The minimum atomic E-state index is 0.168. The highest BCUT2D eigenvalue weighted by molar-refractivity contribution is 9.10. The second-order valence-corrected chi connectivity index (χ2v) is 5.42. The second kappa shape index (κ2) is 6.19. The number of carbonyl (C=O) groups excluding carboxylic acids is 1. The summed E-state index contributed by atoms with van der Waals surface area (Å²) in [6, 6.07) is 6.38. The minimum absolute atomic E-state index is 0.168. The Morgan fingerprint density at radius 3 is 2.62 bits per heavy atom. The zero-order valence-electron chi connectivity index (χ0n) is 10.2. The Labute approximate surface area is 106 Å². The van der Waals surface area contributed by atoms with Crippen LogP contribution in [0.4, 0.5) is 0 Å². The number of carbonyl (C=O) groups is 1. The molecule has 88 valence electrons. The number of benzene rings is 1. The number of ketones is 1.